The van der Waals surface area contributed by atoms with Gasteiger partial charge in [0.25, 0.3) is 0 Å². The van der Waals surface area contributed by atoms with Gasteiger partial charge in [-0.15, -0.1) is 0 Å². The van der Waals surface area contributed by atoms with E-state index < -0.39 is 29.8 Å². The van der Waals surface area contributed by atoms with Gasteiger partial charge in [-0.3, -0.25) is 19.2 Å². The Hall–Kier alpha value is -2.33. The van der Waals surface area contributed by atoms with Crippen LogP contribution in [0.15, 0.2) is 0 Å². The molecule has 32 heavy (non-hydrogen) atoms. The molecule has 0 aliphatic carbocycles. The third-order valence-electron chi connectivity index (χ3n) is 5.01. The number of carbonyl (C=O) groups is 5. The predicted molar refractivity (Wildman–Crippen MR) is 117 cm³/mol. The number of rotatable bonds is 19. The summed E-state index contributed by atoms with van der Waals surface area (Å²) in [5.41, 5.74) is 0. The van der Waals surface area contributed by atoms with Crippen LogP contribution < -0.4 is 10.6 Å². The quantitative estimate of drug-likeness (QED) is 0.244. The molecule has 0 aromatic rings. The SMILES string of the molecule is CC[C@H](CC(C)=O)C(=O)N[C@H](CC)C(=O)C[C@@H](CCC(=O)O)C(=O)NCCOCCOC. The van der Waals surface area contributed by atoms with Crippen LogP contribution in [0, 0.1) is 11.8 Å². The number of aliphatic carboxylic acids is 1. The molecule has 2 amide bonds. The Morgan fingerprint density at radius 1 is 0.906 bits per heavy atom. The molecule has 0 bridgehead atoms. The lowest BCUT2D eigenvalue weighted by atomic mass is 9.92. The number of ether oxygens (including phenoxy) is 2. The van der Waals surface area contributed by atoms with Gasteiger partial charge in [-0.1, -0.05) is 13.8 Å². The van der Waals surface area contributed by atoms with Gasteiger partial charge in [0.2, 0.25) is 11.8 Å². The monoisotopic (exact) mass is 458 g/mol. The van der Waals surface area contributed by atoms with Crippen molar-refractivity contribution in [3.63, 3.8) is 0 Å². The zero-order valence-corrected chi connectivity index (χ0v) is 19.6. The van der Waals surface area contributed by atoms with Crippen LogP contribution >= 0.6 is 0 Å². The van der Waals surface area contributed by atoms with E-state index in [1.54, 1.807) is 21.0 Å². The lowest BCUT2D eigenvalue weighted by Crippen LogP contribution is -2.45. The van der Waals surface area contributed by atoms with Crippen LogP contribution in [0.5, 0.6) is 0 Å². The summed E-state index contributed by atoms with van der Waals surface area (Å²) in [6, 6.07) is -0.805. The van der Waals surface area contributed by atoms with E-state index in [1.165, 1.54) is 6.92 Å². The second-order valence-electron chi connectivity index (χ2n) is 7.68. The summed E-state index contributed by atoms with van der Waals surface area (Å²) in [7, 11) is 1.55. The van der Waals surface area contributed by atoms with Gasteiger partial charge in [0, 0.05) is 44.8 Å². The Balaban J connectivity index is 4.96. The highest BCUT2D eigenvalue weighted by Crippen LogP contribution is 2.16. The molecule has 0 aliphatic rings. The molecule has 0 saturated heterocycles. The van der Waals surface area contributed by atoms with Crippen molar-refractivity contribution < 1.29 is 38.6 Å². The first-order valence-electron chi connectivity index (χ1n) is 11.0. The minimum Gasteiger partial charge on any atom is -0.481 e. The Bertz CT molecular complexity index is 623. The normalized spacial score (nSPS) is 13.6. The zero-order chi connectivity index (χ0) is 24.5. The Morgan fingerprint density at radius 3 is 2.12 bits per heavy atom. The van der Waals surface area contributed by atoms with E-state index >= 15 is 0 Å². The maximum atomic E-state index is 12.8. The molecular formula is C22H38N2O8. The molecule has 0 aromatic heterocycles. The highest BCUT2D eigenvalue weighted by Gasteiger charge is 2.29. The summed E-state index contributed by atoms with van der Waals surface area (Å²) in [4.78, 5) is 60.1. The highest BCUT2D eigenvalue weighted by molar-refractivity contribution is 5.93. The molecule has 0 unspecified atom stereocenters. The van der Waals surface area contributed by atoms with Gasteiger partial charge >= 0.3 is 5.97 Å². The van der Waals surface area contributed by atoms with Crippen molar-refractivity contribution in [2.75, 3.05) is 33.5 Å². The van der Waals surface area contributed by atoms with Crippen molar-refractivity contribution in [2.45, 2.75) is 65.3 Å². The van der Waals surface area contributed by atoms with E-state index in [0.717, 1.165) is 0 Å². The van der Waals surface area contributed by atoms with Crippen LogP contribution in [-0.4, -0.2) is 74.0 Å². The number of methoxy groups -OCH3 is 1. The number of nitrogens with one attached hydrogen (secondary N) is 2. The van der Waals surface area contributed by atoms with Crippen molar-refractivity contribution in [1.82, 2.24) is 10.6 Å². The van der Waals surface area contributed by atoms with Crippen molar-refractivity contribution in [2.24, 2.45) is 11.8 Å². The average molecular weight is 459 g/mol. The highest BCUT2D eigenvalue weighted by atomic mass is 16.5. The fourth-order valence-corrected chi connectivity index (χ4v) is 3.11. The topological polar surface area (TPSA) is 148 Å². The molecule has 3 N–H and O–H groups in total. The van der Waals surface area contributed by atoms with Crippen molar-refractivity contribution >= 4 is 29.4 Å². The number of hydrogen-bond donors (Lipinski definition) is 3. The first kappa shape index (κ1) is 29.7. The van der Waals surface area contributed by atoms with Gasteiger partial charge in [0.15, 0.2) is 5.78 Å². The van der Waals surface area contributed by atoms with Crippen molar-refractivity contribution in [3.05, 3.63) is 0 Å². The van der Waals surface area contributed by atoms with Crippen LogP contribution in [0.1, 0.15) is 59.3 Å². The molecule has 0 spiro atoms. The summed E-state index contributed by atoms with van der Waals surface area (Å²) in [5, 5.41) is 14.3. The molecule has 0 heterocycles. The summed E-state index contributed by atoms with van der Waals surface area (Å²) >= 11 is 0. The molecule has 0 saturated carbocycles. The lowest BCUT2D eigenvalue weighted by Gasteiger charge is -2.22. The van der Waals surface area contributed by atoms with Crippen molar-refractivity contribution in [1.29, 1.82) is 0 Å². The molecule has 10 nitrogen and oxygen atoms in total. The second-order valence-corrected chi connectivity index (χ2v) is 7.68. The maximum Gasteiger partial charge on any atom is 0.303 e. The molecule has 0 aromatic carbocycles. The molecule has 184 valence electrons. The molecular weight excluding hydrogens is 420 g/mol. The van der Waals surface area contributed by atoms with Gasteiger partial charge in [-0.25, -0.2) is 0 Å². The minimum atomic E-state index is -1.06. The summed E-state index contributed by atoms with van der Waals surface area (Å²) in [6.07, 6.45) is 0.446. The standard InChI is InChI=1S/C22H38N2O8/c1-5-16(13-15(3)25)22(30)24-18(6-2)19(26)14-17(7-8-20(27)28)21(29)23-9-10-32-12-11-31-4/h16-18H,5-14H2,1-4H3,(H,23,29)(H,24,30)(H,27,28)/t16-,17-,18-/m1/s1. The largest absolute Gasteiger partial charge is 0.481 e. The van der Waals surface area contributed by atoms with Crippen LogP contribution in [0.3, 0.4) is 0 Å². The Kier molecular flexibility index (Phi) is 16.0. The van der Waals surface area contributed by atoms with E-state index in [1.807, 2.05) is 0 Å². The smallest absolute Gasteiger partial charge is 0.303 e. The molecule has 10 heteroatoms. The van der Waals surface area contributed by atoms with Crippen molar-refractivity contribution in [3.8, 4) is 0 Å². The minimum absolute atomic E-state index is 0.00371. The van der Waals surface area contributed by atoms with Crippen LogP contribution in [-0.2, 0) is 33.4 Å². The molecule has 0 radical (unpaired) electrons. The van der Waals surface area contributed by atoms with Gasteiger partial charge in [0.05, 0.1) is 25.9 Å². The van der Waals surface area contributed by atoms with E-state index in [0.29, 0.717) is 26.1 Å². The van der Waals surface area contributed by atoms with Gasteiger partial charge in [-0.05, 0) is 26.2 Å². The van der Waals surface area contributed by atoms with Crippen LogP contribution in [0.2, 0.25) is 0 Å². The number of amides is 2. The fourth-order valence-electron chi connectivity index (χ4n) is 3.11. The second kappa shape index (κ2) is 17.3. The third kappa shape index (κ3) is 13.2. The molecule has 0 rings (SSSR count). The van der Waals surface area contributed by atoms with Gasteiger partial charge in [0.1, 0.15) is 5.78 Å². The first-order chi connectivity index (χ1) is 15.2. The summed E-state index contributed by atoms with van der Waals surface area (Å²) < 4.78 is 10.1. The van der Waals surface area contributed by atoms with E-state index in [4.69, 9.17) is 14.6 Å². The summed E-state index contributed by atoms with van der Waals surface area (Å²) in [5.74, 6) is -3.67. The predicted octanol–water partition coefficient (Wildman–Crippen LogP) is 1.11. The van der Waals surface area contributed by atoms with Gasteiger partial charge in [-0.2, -0.15) is 0 Å². The number of Topliss-reactive ketones (excluding diaryl/α,β-unsaturated/α-hetero) is 2. The first-order valence-corrected chi connectivity index (χ1v) is 11.0. The van der Waals surface area contributed by atoms with E-state index in [2.05, 4.69) is 10.6 Å². The molecule has 0 fully saturated rings. The van der Waals surface area contributed by atoms with Crippen LogP contribution in [0.25, 0.3) is 0 Å². The van der Waals surface area contributed by atoms with Gasteiger partial charge < -0.3 is 30.0 Å². The Morgan fingerprint density at radius 2 is 1.59 bits per heavy atom. The Labute approximate surface area is 189 Å². The van der Waals surface area contributed by atoms with E-state index in [9.17, 15) is 24.0 Å². The molecule has 0 aliphatic heterocycles. The number of hydrogen-bond acceptors (Lipinski definition) is 7. The lowest BCUT2D eigenvalue weighted by molar-refractivity contribution is -0.138. The third-order valence-corrected chi connectivity index (χ3v) is 5.01. The summed E-state index contributed by atoms with van der Waals surface area (Å²) in [6.45, 7) is 6.23. The van der Waals surface area contributed by atoms with E-state index in [-0.39, 0.29) is 56.3 Å². The number of carboxylic acids is 1. The fraction of sp³-hybridized carbons (Fsp3) is 0.773. The maximum absolute atomic E-state index is 12.8. The molecule has 3 atom stereocenters. The number of carbonyl (C=O) groups excluding carboxylic acids is 4. The number of ketones is 2. The van der Waals surface area contributed by atoms with Crippen LogP contribution in [0.4, 0.5) is 0 Å². The number of carboxylic acid groups (broad SMARTS) is 1. The zero-order valence-electron chi connectivity index (χ0n) is 19.6. The average Bonchev–Trinajstić information content (AvgIpc) is 2.74.